The minimum absolute atomic E-state index is 0.102. The van der Waals surface area contributed by atoms with E-state index in [-0.39, 0.29) is 17.3 Å². The molecule has 2 heterocycles. The largest absolute Gasteiger partial charge is 0.476 e. The Morgan fingerprint density at radius 2 is 1.53 bits per heavy atom. The molecule has 0 spiro atoms. The van der Waals surface area contributed by atoms with Crippen molar-refractivity contribution in [2.24, 2.45) is 0 Å². The monoisotopic (exact) mass is 505 g/mol. The number of para-hydroxylation sites is 2. The van der Waals surface area contributed by atoms with Crippen molar-refractivity contribution in [2.45, 2.75) is 43.4 Å². The summed E-state index contributed by atoms with van der Waals surface area (Å²) in [7, 11) is -3.86. The molecular weight excluding hydrogens is 474 g/mol. The number of anilines is 1. The molecule has 1 fully saturated rings. The van der Waals surface area contributed by atoms with Crippen LogP contribution in [-0.2, 0) is 27.9 Å². The van der Waals surface area contributed by atoms with Crippen LogP contribution in [0.1, 0.15) is 30.4 Å². The SMILES string of the molecule is O=C(NCc1ccc(CN2CCCCC2)cc1)[C@@H]1CN(S(=O)(=O)c2ccccc2)c2ccccc2O1. The van der Waals surface area contributed by atoms with Gasteiger partial charge >= 0.3 is 0 Å². The topological polar surface area (TPSA) is 79.0 Å². The Morgan fingerprint density at radius 3 is 2.28 bits per heavy atom. The van der Waals surface area contributed by atoms with Crippen LogP contribution in [0, 0.1) is 0 Å². The number of piperidine rings is 1. The molecule has 3 aromatic carbocycles. The molecule has 2 aliphatic heterocycles. The summed E-state index contributed by atoms with van der Waals surface area (Å²) in [4.78, 5) is 15.7. The molecule has 0 aliphatic carbocycles. The number of fused-ring (bicyclic) bond motifs is 1. The molecule has 1 amide bonds. The molecule has 0 saturated carbocycles. The zero-order valence-corrected chi connectivity index (χ0v) is 21.0. The van der Waals surface area contributed by atoms with Gasteiger partial charge in [-0.25, -0.2) is 8.42 Å². The molecule has 7 nitrogen and oxygen atoms in total. The molecule has 188 valence electrons. The Hall–Kier alpha value is -3.36. The van der Waals surface area contributed by atoms with Crippen LogP contribution in [0.4, 0.5) is 5.69 Å². The van der Waals surface area contributed by atoms with E-state index in [0.29, 0.717) is 18.0 Å². The average molecular weight is 506 g/mol. The van der Waals surface area contributed by atoms with E-state index in [4.69, 9.17) is 4.74 Å². The van der Waals surface area contributed by atoms with E-state index < -0.39 is 16.1 Å². The zero-order chi connectivity index (χ0) is 25.0. The number of nitrogens with one attached hydrogen (secondary N) is 1. The lowest BCUT2D eigenvalue weighted by Crippen LogP contribution is -2.50. The summed E-state index contributed by atoms with van der Waals surface area (Å²) in [6.07, 6.45) is 2.89. The van der Waals surface area contributed by atoms with E-state index >= 15 is 0 Å². The van der Waals surface area contributed by atoms with Crippen LogP contribution in [0.25, 0.3) is 0 Å². The van der Waals surface area contributed by atoms with E-state index in [0.717, 1.165) is 25.2 Å². The Kier molecular flexibility index (Phi) is 7.25. The third-order valence-electron chi connectivity index (χ3n) is 6.70. The second-order valence-corrected chi connectivity index (χ2v) is 11.2. The van der Waals surface area contributed by atoms with Gasteiger partial charge in [-0.05, 0) is 61.3 Å². The first-order valence-corrected chi connectivity index (χ1v) is 13.9. The van der Waals surface area contributed by atoms with Crippen molar-refractivity contribution in [3.63, 3.8) is 0 Å². The Labute approximate surface area is 212 Å². The number of nitrogens with zero attached hydrogens (tertiary/aromatic N) is 2. The smallest absolute Gasteiger partial charge is 0.264 e. The fourth-order valence-corrected chi connectivity index (χ4v) is 6.22. The number of rotatable bonds is 7. The fraction of sp³-hybridized carbons (Fsp3) is 0.321. The summed E-state index contributed by atoms with van der Waals surface area (Å²) in [5, 5.41) is 2.92. The minimum atomic E-state index is -3.86. The molecule has 2 aliphatic rings. The van der Waals surface area contributed by atoms with Crippen LogP contribution in [0.5, 0.6) is 5.75 Å². The number of likely N-dealkylation sites (tertiary alicyclic amines) is 1. The van der Waals surface area contributed by atoms with Gasteiger partial charge in [0.2, 0.25) is 0 Å². The molecule has 5 rings (SSSR count). The quantitative estimate of drug-likeness (QED) is 0.526. The Bertz CT molecular complexity index is 1290. The third kappa shape index (κ3) is 5.39. The normalized spacial score (nSPS) is 18.2. The highest BCUT2D eigenvalue weighted by atomic mass is 32.2. The molecule has 0 bridgehead atoms. The van der Waals surface area contributed by atoms with Crippen molar-refractivity contribution < 1.29 is 17.9 Å². The predicted octanol–water partition coefficient (Wildman–Crippen LogP) is 3.95. The number of amides is 1. The molecule has 1 N–H and O–H groups in total. The lowest BCUT2D eigenvalue weighted by molar-refractivity contribution is -0.127. The first kappa shape index (κ1) is 24.3. The van der Waals surface area contributed by atoms with E-state index in [1.54, 1.807) is 54.6 Å². The fourth-order valence-electron chi connectivity index (χ4n) is 4.73. The van der Waals surface area contributed by atoms with E-state index in [1.807, 2.05) is 12.1 Å². The minimum Gasteiger partial charge on any atom is -0.476 e. The van der Waals surface area contributed by atoms with Gasteiger partial charge in [-0.3, -0.25) is 14.0 Å². The molecule has 0 aromatic heterocycles. The molecule has 3 aromatic rings. The van der Waals surface area contributed by atoms with Crippen molar-refractivity contribution in [3.05, 3.63) is 90.0 Å². The van der Waals surface area contributed by atoms with Gasteiger partial charge in [-0.1, -0.05) is 61.0 Å². The summed E-state index contributed by atoms with van der Waals surface area (Å²) < 4.78 is 34.0. The maximum Gasteiger partial charge on any atom is 0.264 e. The summed E-state index contributed by atoms with van der Waals surface area (Å²) in [6.45, 7) is 3.50. The van der Waals surface area contributed by atoms with E-state index in [9.17, 15) is 13.2 Å². The number of sulfonamides is 1. The summed E-state index contributed by atoms with van der Waals surface area (Å²) >= 11 is 0. The highest BCUT2D eigenvalue weighted by Gasteiger charge is 2.37. The molecule has 0 unspecified atom stereocenters. The van der Waals surface area contributed by atoms with Crippen LogP contribution >= 0.6 is 0 Å². The Morgan fingerprint density at radius 1 is 0.861 bits per heavy atom. The molecule has 1 saturated heterocycles. The van der Waals surface area contributed by atoms with Crippen LogP contribution in [0.2, 0.25) is 0 Å². The van der Waals surface area contributed by atoms with Crippen molar-refractivity contribution in [1.82, 2.24) is 10.2 Å². The second kappa shape index (κ2) is 10.7. The second-order valence-electron chi connectivity index (χ2n) is 9.29. The zero-order valence-electron chi connectivity index (χ0n) is 20.2. The van der Waals surface area contributed by atoms with E-state index in [1.165, 1.54) is 29.1 Å². The predicted molar refractivity (Wildman–Crippen MR) is 139 cm³/mol. The van der Waals surface area contributed by atoms with Crippen molar-refractivity contribution in [1.29, 1.82) is 0 Å². The Balaban J connectivity index is 1.25. The van der Waals surface area contributed by atoms with Gasteiger partial charge < -0.3 is 10.1 Å². The maximum atomic E-state index is 13.4. The number of hydrogen-bond acceptors (Lipinski definition) is 5. The maximum absolute atomic E-state index is 13.4. The number of carbonyl (C=O) groups is 1. The van der Waals surface area contributed by atoms with Crippen molar-refractivity contribution in [2.75, 3.05) is 23.9 Å². The standard InChI is InChI=1S/C28H31N3O4S/c32-28(29-19-22-13-15-23(16-14-22)20-30-17-7-2-8-18-30)27-21-31(25-11-5-6-12-26(25)35-27)36(33,34)24-9-3-1-4-10-24/h1,3-6,9-16,27H,2,7-8,17-21H2,(H,29,32)/t27-/m0/s1. The number of ether oxygens (including phenoxy) is 1. The van der Waals surface area contributed by atoms with Gasteiger partial charge in [0.1, 0.15) is 5.75 Å². The summed E-state index contributed by atoms with van der Waals surface area (Å²) in [5.41, 5.74) is 2.67. The average Bonchev–Trinajstić information content (AvgIpc) is 2.93. The van der Waals surface area contributed by atoms with Crippen LogP contribution < -0.4 is 14.4 Å². The van der Waals surface area contributed by atoms with Gasteiger partial charge in [0.25, 0.3) is 15.9 Å². The lowest BCUT2D eigenvalue weighted by atomic mass is 10.1. The van der Waals surface area contributed by atoms with Crippen LogP contribution in [-0.4, -0.2) is 45.0 Å². The molecule has 8 heteroatoms. The summed E-state index contributed by atoms with van der Waals surface area (Å²) in [5.74, 6) is 0.0145. The number of carbonyl (C=O) groups excluding carboxylic acids is 1. The van der Waals surface area contributed by atoms with Gasteiger partial charge in [0.15, 0.2) is 6.10 Å². The van der Waals surface area contributed by atoms with Gasteiger partial charge in [0, 0.05) is 13.1 Å². The first-order chi connectivity index (χ1) is 17.5. The molecule has 1 atom stereocenters. The highest BCUT2D eigenvalue weighted by Crippen LogP contribution is 2.36. The number of benzene rings is 3. The van der Waals surface area contributed by atoms with Crippen LogP contribution in [0.15, 0.2) is 83.8 Å². The van der Waals surface area contributed by atoms with Crippen molar-refractivity contribution >= 4 is 21.6 Å². The highest BCUT2D eigenvalue weighted by molar-refractivity contribution is 7.92. The van der Waals surface area contributed by atoms with Gasteiger partial charge in [-0.2, -0.15) is 0 Å². The molecule has 36 heavy (non-hydrogen) atoms. The molecule has 0 radical (unpaired) electrons. The lowest BCUT2D eigenvalue weighted by Gasteiger charge is -2.34. The van der Waals surface area contributed by atoms with Crippen molar-refractivity contribution in [3.8, 4) is 5.75 Å². The third-order valence-corrected chi connectivity index (χ3v) is 8.50. The van der Waals surface area contributed by atoms with Gasteiger partial charge in [-0.15, -0.1) is 0 Å². The van der Waals surface area contributed by atoms with Gasteiger partial charge in [0.05, 0.1) is 17.1 Å². The van der Waals surface area contributed by atoms with Crippen LogP contribution in [0.3, 0.4) is 0 Å². The first-order valence-electron chi connectivity index (χ1n) is 12.4. The van der Waals surface area contributed by atoms with E-state index in [2.05, 4.69) is 22.3 Å². The molecular formula is C28H31N3O4S. The summed E-state index contributed by atoms with van der Waals surface area (Å²) in [6, 6.07) is 23.4. The number of hydrogen-bond donors (Lipinski definition) is 1.